The fourth-order valence-corrected chi connectivity index (χ4v) is 2.41. The van der Waals surface area contributed by atoms with Gasteiger partial charge in [-0.25, -0.2) is 0 Å². The van der Waals surface area contributed by atoms with Crippen LogP contribution < -0.4 is 0 Å². The van der Waals surface area contributed by atoms with Crippen LogP contribution in [0.3, 0.4) is 0 Å². The Morgan fingerprint density at radius 1 is 1.27 bits per heavy atom. The molecule has 3 heterocycles. The molecule has 0 atom stereocenters. The Morgan fingerprint density at radius 2 is 2.23 bits per heavy atom. The van der Waals surface area contributed by atoms with Crippen LogP contribution in [0.2, 0.25) is 0 Å². The summed E-state index contributed by atoms with van der Waals surface area (Å²) in [5.41, 5.74) is 1.61. The smallest absolute Gasteiger partial charge is 0.306 e. The molecule has 0 aliphatic carbocycles. The zero-order valence-corrected chi connectivity index (χ0v) is 12.5. The maximum Gasteiger partial charge on any atom is 0.306 e. The molecule has 0 aliphatic rings. The number of pyridine rings is 1. The van der Waals surface area contributed by atoms with Gasteiger partial charge >= 0.3 is 5.97 Å². The summed E-state index contributed by atoms with van der Waals surface area (Å²) in [6.45, 7) is 0.170. The minimum absolute atomic E-state index is 0.170. The largest absolute Gasteiger partial charge is 0.459 e. The molecule has 0 aliphatic heterocycles. The molecule has 3 aromatic heterocycles. The van der Waals surface area contributed by atoms with Crippen molar-refractivity contribution in [3.05, 3.63) is 52.8 Å². The highest BCUT2D eigenvalue weighted by Gasteiger charge is 2.11. The minimum atomic E-state index is -0.319. The molecule has 0 amide bonds. The van der Waals surface area contributed by atoms with E-state index in [9.17, 15) is 4.79 Å². The molecule has 3 aromatic rings. The SMILES string of the molecule is O=C(CCc1nnc(-c2ccsc2)o1)OCc1ccccn1. The summed E-state index contributed by atoms with van der Waals surface area (Å²) >= 11 is 1.56. The van der Waals surface area contributed by atoms with Gasteiger partial charge in [-0.3, -0.25) is 9.78 Å². The third-order valence-electron chi connectivity index (χ3n) is 2.89. The van der Waals surface area contributed by atoms with Gasteiger partial charge < -0.3 is 9.15 Å². The van der Waals surface area contributed by atoms with Crippen molar-refractivity contribution in [2.24, 2.45) is 0 Å². The molecule has 3 rings (SSSR count). The fourth-order valence-electron chi connectivity index (χ4n) is 1.78. The van der Waals surface area contributed by atoms with E-state index < -0.39 is 0 Å². The van der Waals surface area contributed by atoms with Gasteiger partial charge in [-0.1, -0.05) is 6.07 Å². The first-order chi connectivity index (χ1) is 10.8. The highest BCUT2D eigenvalue weighted by molar-refractivity contribution is 7.08. The summed E-state index contributed by atoms with van der Waals surface area (Å²) in [7, 11) is 0. The van der Waals surface area contributed by atoms with E-state index >= 15 is 0 Å². The molecule has 112 valence electrons. The van der Waals surface area contributed by atoms with Crippen LogP contribution in [0.1, 0.15) is 18.0 Å². The quantitative estimate of drug-likeness (QED) is 0.651. The maximum absolute atomic E-state index is 11.7. The number of ether oxygens (including phenoxy) is 1. The van der Waals surface area contributed by atoms with Crippen LogP contribution in [0.25, 0.3) is 11.5 Å². The van der Waals surface area contributed by atoms with E-state index in [1.54, 1.807) is 23.6 Å². The maximum atomic E-state index is 11.7. The number of hydrogen-bond donors (Lipinski definition) is 0. The van der Waals surface area contributed by atoms with Gasteiger partial charge in [0.1, 0.15) is 6.61 Å². The summed E-state index contributed by atoms with van der Waals surface area (Å²) < 4.78 is 10.6. The molecular formula is C15H13N3O3S. The topological polar surface area (TPSA) is 78.1 Å². The summed E-state index contributed by atoms with van der Waals surface area (Å²) in [4.78, 5) is 15.8. The molecule has 0 radical (unpaired) electrons. The van der Waals surface area contributed by atoms with E-state index in [1.165, 1.54) is 0 Å². The van der Waals surface area contributed by atoms with Gasteiger partial charge in [0.05, 0.1) is 12.1 Å². The van der Waals surface area contributed by atoms with Gasteiger partial charge in [-0.05, 0) is 23.6 Å². The number of aryl methyl sites for hydroxylation is 1. The fraction of sp³-hybridized carbons (Fsp3) is 0.200. The number of nitrogens with zero attached hydrogens (tertiary/aromatic N) is 3. The second-order valence-electron chi connectivity index (χ2n) is 4.49. The molecule has 0 bridgehead atoms. The first-order valence-corrected chi connectivity index (χ1v) is 7.66. The highest BCUT2D eigenvalue weighted by atomic mass is 32.1. The zero-order valence-electron chi connectivity index (χ0n) is 11.6. The van der Waals surface area contributed by atoms with Crippen molar-refractivity contribution in [3.63, 3.8) is 0 Å². The van der Waals surface area contributed by atoms with Crippen molar-refractivity contribution >= 4 is 17.3 Å². The van der Waals surface area contributed by atoms with Gasteiger partial charge in [0.25, 0.3) is 0 Å². The second-order valence-corrected chi connectivity index (χ2v) is 5.27. The number of carbonyl (C=O) groups excluding carboxylic acids is 1. The van der Waals surface area contributed by atoms with Crippen LogP contribution in [-0.2, 0) is 22.6 Å². The number of esters is 1. The Hall–Kier alpha value is -2.54. The van der Waals surface area contributed by atoms with E-state index in [2.05, 4.69) is 15.2 Å². The second kappa shape index (κ2) is 6.95. The Kier molecular flexibility index (Phi) is 4.55. The van der Waals surface area contributed by atoms with Crippen LogP contribution >= 0.6 is 11.3 Å². The normalized spacial score (nSPS) is 10.5. The third-order valence-corrected chi connectivity index (χ3v) is 3.57. The van der Waals surface area contributed by atoms with Gasteiger partial charge in [-0.15, -0.1) is 10.2 Å². The van der Waals surface area contributed by atoms with Crippen molar-refractivity contribution in [2.75, 3.05) is 0 Å². The summed E-state index contributed by atoms with van der Waals surface area (Å²) in [5.74, 6) is 0.579. The Morgan fingerprint density at radius 3 is 3.00 bits per heavy atom. The van der Waals surface area contributed by atoms with Crippen molar-refractivity contribution in [1.82, 2.24) is 15.2 Å². The van der Waals surface area contributed by atoms with Gasteiger partial charge in [0.15, 0.2) is 0 Å². The van der Waals surface area contributed by atoms with Crippen molar-refractivity contribution in [1.29, 1.82) is 0 Å². The number of aromatic nitrogens is 3. The molecule has 22 heavy (non-hydrogen) atoms. The molecule has 0 spiro atoms. The van der Waals surface area contributed by atoms with E-state index in [0.29, 0.717) is 23.9 Å². The van der Waals surface area contributed by atoms with E-state index in [4.69, 9.17) is 9.15 Å². The first kappa shape index (κ1) is 14.4. The van der Waals surface area contributed by atoms with Crippen LogP contribution in [0.15, 0.2) is 45.6 Å². The number of carbonyl (C=O) groups is 1. The zero-order chi connectivity index (χ0) is 15.2. The molecule has 0 unspecified atom stereocenters. The standard InChI is InChI=1S/C15H13N3O3S/c19-14(20-9-12-3-1-2-7-16-12)5-4-13-17-18-15(21-13)11-6-8-22-10-11/h1-3,6-8,10H,4-5,9H2. The lowest BCUT2D eigenvalue weighted by Gasteiger charge is -2.02. The predicted octanol–water partition coefficient (Wildman–Crippen LogP) is 2.87. The molecule has 0 aromatic carbocycles. The molecular weight excluding hydrogens is 302 g/mol. The highest BCUT2D eigenvalue weighted by Crippen LogP contribution is 2.20. The number of hydrogen-bond acceptors (Lipinski definition) is 7. The molecule has 0 saturated carbocycles. The summed E-state index contributed by atoms with van der Waals surface area (Å²) in [5, 5.41) is 11.8. The lowest BCUT2D eigenvalue weighted by Crippen LogP contribution is -2.06. The first-order valence-electron chi connectivity index (χ1n) is 6.72. The molecule has 7 heteroatoms. The average molecular weight is 315 g/mol. The van der Waals surface area contributed by atoms with Crippen LogP contribution in [0.4, 0.5) is 0 Å². The number of thiophene rings is 1. The summed E-state index contributed by atoms with van der Waals surface area (Å²) in [6, 6.07) is 7.37. The Balaban J connectivity index is 1.47. The van der Waals surface area contributed by atoms with Crippen LogP contribution in [0.5, 0.6) is 0 Å². The van der Waals surface area contributed by atoms with Gasteiger partial charge in [0.2, 0.25) is 11.8 Å². The van der Waals surface area contributed by atoms with Crippen molar-refractivity contribution < 1.29 is 13.9 Å². The van der Waals surface area contributed by atoms with Crippen LogP contribution in [0, 0.1) is 0 Å². The van der Waals surface area contributed by atoms with Gasteiger partial charge in [0, 0.05) is 23.6 Å². The van der Waals surface area contributed by atoms with Crippen LogP contribution in [-0.4, -0.2) is 21.2 Å². The molecule has 0 fully saturated rings. The lowest BCUT2D eigenvalue weighted by molar-refractivity contribution is -0.145. The Bertz CT molecular complexity index is 726. The third kappa shape index (κ3) is 3.76. The van der Waals surface area contributed by atoms with Crippen molar-refractivity contribution in [2.45, 2.75) is 19.4 Å². The lowest BCUT2D eigenvalue weighted by atomic mass is 10.3. The molecule has 0 saturated heterocycles. The monoisotopic (exact) mass is 315 g/mol. The predicted molar refractivity (Wildman–Crippen MR) is 80.0 cm³/mol. The van der Waals surface area contributed by atoms with Crippen molar-refractivity contribution in [3.8, 4) is 11.5 Å². The molecule has 6 nitrogen and oxygen atoms in total. The Labute approximate surface area is 130 Å². The molecule has 0 N–H and O–H groups in total. The average Bonchev–Trinajstić information content (AvgIpc) is 3.22. The minimum Gasteiger partial charge on any atom is -0.459 e. The van der Waals surface area contributed by atoms with E-state index in [1.807, 2.05) is 29.0 Å². The van der Waals surface area contributed by atoms with Gasteiger partial charge in [-0.2, -0.15) is 11.3 Å². The van der Waals surface area contributed by atoms with E-state index in [0.717, 1.165) is 5.56 Å². The van der Waals surface area contributed by atoms with E-state index in [-0.39, 0.29) is 19.0 Å². The summed E-state index contributed by atoms with van der Waals surface area (Å²) in [6.07, 6.45) is 2.21. The number of rotatable bonds is 6.